The third kappa shape index (κ3) is 3.06. The van der Waals surface area contributed by atoms with Crippen molar-refractivity contribution in [3.05, 3.63) is 59.7 Å². The van der Waals surface area contributed by atoms with E-state index in [0.717, 1.165) is 6.07 Å². The van der Waals surface area contributed by atoms with Gasteiger partial charge >= 0.3 is 6.18 Å². The van der Waals surface area contributed by atoms with Gasteiger partial charge in [-0.3, -0.25) is 4.79 Å². The van der Waals surface area contributed by atoms with Crippen LogP contribution in [0.4, 0.5) is 13.2 Å². The maximum atomic E-state index is 13.3. The summed E-state index contributed by atoms with van der Waals surface area (Å²) in [4.78, 5) is 22.2. The van der Waals surface area contributed by atoms with Crippen molar-refractivity contribution in [2.45, 2.75) is 24.9 Å². The van der Waals surface area contributed by atoms with Gasteiger partial charge in [-0.15, -0.1) is 0 Å². The third-order valence-electron chi connectivity index (χ3n) is 5.50. The highest BCUT2D eigenvalue weighted by Gasteiger charge is 2.45. The van der Waals surface area contributed by atoms with E-state index in [1.165, 1.54) is 18.5 Å². The molecule has 2 aromatic rings. The summed E-state index contributed by atoms with van der Waals surface area (Å²) in [7, 11) is 0. The summed E-state index contributed by atoms with van der Waals surface area (Å²) in [5.74, 6) is 0.328. The molecule has 1 aromatic carbocycles. The highest BCUT2D eigenvalue weighted by Crippen LogP contribution is 2.48. The lowest BCUT2D eigenvalue weighted by Crippen LogP contribution is -2.31. The Kier molecular flexibility index (Phi) is 4.17. The molecule has 1 saturated carbocycles. The van der Waals surface area contributed by atoms with Gasteiger partial charge in [-0.1, -0.05) is 18.2 Å². The predicted octanol–water partition coefficient (Wildman–Crippen LogP) is 3.76. The summed E-state index contributed by atoms with van der Waals surface area (Å²) < 4.78 is 39.8. The van der Waals surface area contributed by atoms with Crippen LogP contribution in [-0.4, -0.2) is 33.9 Å². The van der Waals surface area contributed by atoms with Crippen LogP contribution in [0.3, 0.4) is 0 Å². The molecule has 26 heavy (non-hydrogen) atoms. The Morgan fingerprint density at radius 3 is 2.23 bits per heavy atom. The average Bonchev–Trinajstić information content (AvgIpc) is 3.20. The molecule has 1 amide bonds. The normalized spacial score (nSPS) is 25.3. The molecule has 1 aromatic heterocycles. The molecule has 0 unspecified atom stereocenters. The van der Waals surface area contributed by atoms with Crippen LogP contribution in [0.15, 0.2) is 42.7 Å². The van der Waals surface area contributed by atoms with E-state index in [9.17, 15) is 18.0 Å². The Bertz CT molecular complexity index is 795. The number of carbonyl (C=O) groups is 1. The highest BCUT2D eigenvalue weighted by atomic mass is 19.4. The van der Waals surface area contributed by atoms with Crippen LogP contribution in [0.1, 0.15) is 40.5 Å². The molecule has 4 rings (SSSR count). The Morgan fingerprint density at radius 2 is 1.62 bits per heavy atom. The van der Waals surface area contributed by atoms with Gasteiger partial charge in [-0.2, -0.15) is 13.2 Å². The average molecular weight is 361 g/mol. The summed E-state index contributed by atoms with van der Waals surface area (Å²) in [5.41, 5.74) is -0.144. The molecular weight excluding hydrogens is 343 g/mol. The minimum absolute atomic E-state index is 0.104. The lowest BCUT2D eigenvalue weighted by atomic mass is 9.91. The molecule has 0 N–H and O–H groups in total. The third-order valence-corrected chi connectivity index (χ3v) is 5.50. The van der Waals surface area contributed by atoms with E-state index >= 15 is 0 Å². The number of nitrogens with zero attached hydrogens (tertiary/aromatic N) is 3. The minimum atomic E-state index is -4.33. The number of alkyl halides is 3. The predicted molar refractivity (Wildman–Crippen MR) is 88.3 cm³/mol. The topological polar surface area (TPSA) is 46.1 Å². The van der Waals surface area contributed by atoms with Crippen molar-refractivity contribution >= 4 is 5.91 Å². The van der Waals surface area contributed by atoms with Crippen molar-refractivity contribution in [2.75, 3.05) is 13.1 Å². The Hall–Kier alpha value is -2.44. The van der Waals surface area contributed by atoms with E-state index in [1.807, 2.05) is 0 Å². The van der Waals surface area contributed by atoms with Crippen molar-refractivity contribution in [3.63, 3.8) is 0 Å². The van der Waals surface area contributed by atoms with E-state index in [0.29, 0.717) is 31.5 Å². The Labute approximate surface area is 149 Å². The zero-order chi connectivity index (χ0) is 18.3. The molecular formula is C19H18F3N3O. The molecule has 0 radical (unpaired) electrons. The maximum absolute atomic E-state index is 13.3. The molecule has 136 valence electrons. The molecule has 0 spiro atoms. The Balaban J connectivity index is 1.47. The molecule has 0 bridgehead atoms. The van der Waals surface area contributed by atoms with Gasteiger partial charge in [0.2, 0.25) is 5.82 Å². The summed E-state index contributed by atoms with van der Waals surface area (Å²) in [5, 5.41) is 0. The van der Waals surface area contributed by atoms with Gasteiger partial charge in [0.15, 0.2) is 0 Å². The zero-order valence-electron chi connectivity index (χ0n) is 14.0. The number of carbonyl (C=O) groups excluding carboxylic acids is 1. The first-order chi connectivity index (χ1) is 12.4. The van der Waals surface area contributed by atoms with Gasteiger partial charge < -0.3 is 4.90 Å². The molecule has 1 aliphatic carbocycles. The molecule has 2 aliphatic rings. The highest BCUT2D eigenvalue weighted by molar-refractivity contribution is 5.90. The smallest absolute Gasteiger partial charge is 0.335 e. The zero-order valence-corrected chi connectivity index (χ0v) is 14.0. The number of likely N-dealkylation sites (tertiary alicyclic amines) is 1. The van der Waals surface area contributed by atoms with E-state index in [-0.39, 0.29) is 29.5 Å². The first-order valence-electron chi connectivity index (χ1n) is 8.66. The fourth-order valence-corrected chi connectivity index (χ4v) is 4.38. The number of aromatic nitrogens is 2. The molecule has 2 fully saturated rings. The molecule has 4 nitrogen and oxygen atoms in total. The van der Waals surface area contributed by atoms with Crippen LogP contribution in [0, 0.1) is 11.8 Å². The molecule has 3 atom stereocenters. The summed E-state index contributed by atoms with van der Waals surface area (Å²) in [6.45, 7) is 1.12. The SMILES string of the molecule is O=C(c1ncccn1)N1C[C@H]2C[C@H](c3ccccc3C(F)(F)F)C[C@H]2C1. The van der Waals surface area contributed by atoms with E-state index in [1.54, 1.807) is 23.1 Å². The monoisotopic (exact) mass is 361 g/mol. The number of amides is 1. The minimum Gasteiger partial charge on any atom is -0.335 e. The standard InChI is InChI=1S/C19H18F3N3O/c20-19(21,22)16-5-2-1-4-15(16)12-8-13-10-25(11-14(13)9-12)18(26)17-23-6-3-7-24-17/h1-7,12-14H,8-11H2/t12-,13+,14-. The van der Waals surface area contributed by atoms with Gasteiger partial charge in [0.05, 0.1) is 5.56 Å². The van der Waals surface area contributed by atoms with Crippen LogP contribution in [0.2, 0.25) is 0 Å². The molecule has 1 aliphatic heterocycles. The van der Waals surface area contributed by atoms with Crippen molar-refractivity contribution in [3.8, 4) is 0 Å². The van der Waals surface area contributed by atoms with Gasteiger partial charge in [0, 0.05) is 25.5 Å². The van der Waals surface area contributed by atoms with Crippen LogP contribution < -0.4 is 0 Å². The molecule has 1 saturated heterocycles. The van der Waals surface area contributed by atoms with Crippen molar-refractivity contribution in [1.82, 2.24) is 14.9 Å². The number of rotatable bonds is 2. The first-order valence-corrected chi connectivity index (χ1v) is 8.66. The largest absolute Gasteiger partial charge is 0.416 e. The maximum Gasteiger partial charge on any atom is 0.416 e. The number of halogens is 3. The van der Waals surface area contributed by atoms with Crippen molar-refractivity contribution in [2.24, 2.45) is 11.8 Å². The van der Waals surface area contributed by atoms with Gasteiger partial charge in [-0.25, -0.2) is 9.97 Å². The van der Waals surface area contributed by atoms with Gasteiger partial charge in [-0.05, 0) is 48.3 Å². The number of fused-ring (bicyclic) bond motifs is 1. The summed E-state index contributed by atoms with van der Waals surface area (Å²) in [6, 6.07) is 7.50. The summed E-state index contributed by atoms with van der Waals surface area (Å²) in [6.07, 6.45) is 0.0811. The quantitative estimate of drug-likeness (QED) is 0.818. The molecule has 2 heterocycles. The summed E-state index contributed by atoms with van der Waals surface area (Å²) >= 11 is 0. The number of benzene rings is 1. The Morgan fingerprint density at radius 1 is 1.00 bits per heavy atom. The van der Waals surface area contributed by atoms with E-state index < -0.39 is 11.7 Å². The second-order valence-corrected chi connectivity index (χ2v) is 7.06. The van der Waals surface area contributed by atoms with Gasteiger partial charge in [0.25, 0.3) is 5.91 Å². The second-order valence-electron chi connectivity index (χ2n) is 7.06. The van der Waals surface area contributed by atoms with Crippen molar-refractivity contribution in [1.29, 1.82) is 0 Å². The second kappa shape index (κ2) is 6.37. The lowest BCUT2D eigenvalue weighted by Gasteiger charge is -2.21. The first kappa shape index (κ1) is 17.0. The van der Waals surface area contributed by atoms with E-state index in [2.05, 4.69) is 9.97 Å². The lowest BCUT2D eigenvalue weighted by molar-refractivity contribution is -0.138. The van der Waals surface area contributed by atoms with E-state index in [4.69, 9.17) is 0 Å². The fraction of sp³-hybridized carbons (Fsp3) is 0.421. The van der Waals surface area contributed by atoms with Crippen LogP contribution in [0.25, 0.3) is 0 Å². The van der Waals surface area contributed by atoms with Crippen molar-refractivity contribution < 1.29 is 18.0 Å². The van der Waals surface area contributed by atoms with Crippen LogP contribution in [0.5, 0.6) is 0 Å². The van der Waals surface area contributed by atoms with Crippen LogP contribution >= 0.6 is 0 Å². The number of hydrogen-bond acceptors (Lipinski definition) is 3. The fourth-order valence-electron chi connectivity index (χ4n) is 4.38. The number of hydrogen-bond donors (Lipinski definition) is 0. The van der Waals surface area contributed by atoms with Crippen LogP contribution in [-0.2, 0) is 6.18 Å². The van der Waals surface area contributed by atoms with Gasteiger partial charge in [0.1, 0.15) is 0 Å². The molecule has 7 heteroatoms.